The van der Waals surface area contributed by atoms with Crippen molar-refractivity contribution < 1.29 is 0 Å². The van der Waals surface area contributed by atoms with Crippen molar-refractivity contribution in [1.29, 1.82) is 0 Å². The van der Waals surface area contributed by atoms with Crippen LogP contribution in [0.1, 0.15) is 53.1 Å². The van der Waals surface area contributed by atoms with E-state index in [1.165, 1.54) is 128 Å². The molecular weight excluding hydrogens is 792 g/mol. The van der Waals surface area contributed by atoms with E-state index in [4.69, 9.17) is 0 Å². The lowest BCUT2D eigenvalue weighted by molar-refractivity contribution is 0.734. The van der Waals surface area contributed by atoms with Gasteiger partial charge in [-0.25, -0.2) is 0 Å². The second-order valence-corrected chi connectivity index (χ2v) is 19.0. The third-order valence-electron chi connectivity index (χ3n) is 14.3. The third-order valence-corrected chi connectivity index (χ3v) is 15.4. The van der Waals surface area contributed by atoms with Gasteiger partial charge in [-0.1, -0.05) is 177 Å². The topological polar surface area (TPSA) is 6.48 Å². The minimum Gasteiger partial charge on any atom is -0.376 e. The normalized spacial score (nSPS) is 14.0. The smallest absolute Gasteiger partial charge is 0.333 e. The van der Waals surface area contributed by atoms with E-state index in [9.17, 15) is 0 Å². The van der Waals surface area contributed by atoms with Crippen molar-refractivity contribution in [2.75, 3.05) is 9.71 Å². The molecule has 1 aromatic heterocycles. The molecule has 0 saturated heterocycles. The van der Waals surface area contributed by atoms with Crippen molar-refractivity contribution in [3.05, 3.63) is 234 Å². The molecule has 0 amide bonds. The van der Waals surface area contributed by atoms with Crippen molar-refractivity contribution in [2.24, 2.45) is 0 Å². The van der Waals surface area contributed by atoms with Gasteiger partial charge in [0.25, 0.3) is 0 Å². The second-order valence-electron chi connectivity index (χ2n) is 17.9. The van der Waals surface area contributed by atoms with E-state index < -0.39 is 5.41 Å². The van der Waals surface area contributed by atoms with Crippen molar-refractivity contribution in [2.45, 2.75) is 38.5 Å². The Bertz CT molecular complexity index is 3430. The van der Waals surface area contributed by atoms with Gasteiger partial charge in [0.05, 0.1) is 11.1 Å². The van der Waals surface area contributed by atoms with Crippen LogP contribution in [0.25, 0.3) is 42.4 Å². The average molecular weight is 837 g/mol. The Balaban J connectivity index is 1.17. The fraction of sp³-hybridized carbons (Fsp3) is 0.100. The van der Waals surface area contributed by atoms with E-state index in [1.54, 1.807) is 0 Å². The molecule has 0 fully saturated rings. The summed E-state index contributed by atoms with van der Waals surface area (Å²) in [5.74, 6) is 0. The molecule has 0 spiro atoms. The van der Waals surface area contributed by atoms with Crippen LogP contribution in [0, 0.1) is 6.92 Å². The van der Waals surface area contributed by atoms with E-state index in [0.29, 0.717) is 0 Å². The largest absolute Gasteiger partial charge is 0.376 e. The molecule has 0 bridgehead atoms. The molecule has 304 valence electrons. The fourth-order valence-electron chi connectivity index (χ4n) is 11.7. The number of thiophene rings is 1. The number of benzene rings is 9. The van der Waals surface area contributed by atoms with Gasteiger partial charge in [0, 0.05) is 54.0 Å². The molecule has 4 heteroatoms. The van der Waals surface area contributed by atoms with Gasteiger partial charge in [-0.2, -0.15) is 0 Å². The number of hydrogen-bond acceptors (Lipinski definition) is 3. The van der Waals surface area contributed by atoms with E-state index in [-0.39, 0.29) is 6.85 Å². The molecule has 0 radical (unpaired) electrons. The maximum atomic E-state index is 2.74. The minimum atomic E-state index is -0.549. The summed E-state index contributed by atoms with van der Waals surface area (Å²) in [7, 11) is 0. The first-order chi connectivity index (χ1) is 31.6. The Kier molecular flexibility index (Phi) is 8.45. The molecule has 64 heavy (non-hydrogen) atoms. The molecule has 2 nitrogen and oxygen atoms in total. The van der Waals surface area contributed by atoms with Gasteiger partial charge in [0.2, 0.25) is 0 Å². The van der Waals surface area contributed by atoms with Crippen LogP contribution in [-0.2, 0) is 11.8 Å². The highest BCUT2D eigenvalue weighted by atomic mass is 32.1. The van der Waals surface area contributed by atoms with Crippen LogP contribution >= 0.6 is 11.3 Å². The molecule has 0 saturated carbocycles. The van der Waals surface area contributed by atoms with Gasteiger partial charge in [0.1, 0.15) is 0 Å². The van der Waals surface area contributed by atoms with Gasteiger partial charge in [-0.05, 0) is 112 Å². The summed E-state index contributed by atoms with van der Waals surface area (Å²) in [5, 5.41) is 2.64. The lowest BCUT2D eigenvalue weighted by Gasteiger charge is -2.53. The summed E-state index contributed by atoms with van der Waals surface area (Å²) in [4.78, 5) is 5.38. The monoisotopic (exact) mass is 836 g/mol. The fourth-order valence-corrected chi connectivity index (χ4v) is 12.8. The molecule has 3 aliphatic rings. The maximum absolute atomic E-state index is 2.74. The zero-order valence-corrected chi connectivity index (χ0v) is 36.9. The van der Waals surface area contributed by atoms with Gasteiger partial charge < -0.3 is 9.71 Å². The lowest BCUT2D eigenvalue weighted by Crippen LogP contribution is -2.63. The molecule has 0 atom stereocenters. The van der Waals surface area contributed by atoms with Crippen molar-refractivity contribution in [1.82, 2.24) is 0 Å². The zero-order valence-electron chi connectivity index (χ0n) is 36.1. The number of unbranched alkanes of at least 4 members (excludes halogenated alkanes) is 1. The maximum Gasteiger partial charge on any atom is 0.333 e. The van der Waals surface area contributed by atoms with E-state index in [0.717, 1.165) is 6.42 Å². The number of anilines is 5. The Morgan fingerprint density at radius 3 is 2.00 bits per heavy atom. The van der Waals surface area contributed by atoms with E-state index in [2.05, 4.69) is 224 Å². The number of rotatable bonds is 7. The summed E-state index contributed by atoms with van der Waals surface area (Å²) in [6.45, 7) is 4.48. The first-order valence-corrected chi connectivity index (χ1v) is 23.7. The lowest BCUT2D eigenvalue weighted by atomic mass is 9.42. The molecular formula is C60H45BN2S. The Labute approximate surface area is 379 Å². The number of nitrogens with zero attached hydrogens (tertiary/aromatic N) is 2. The van der Waals surface area contributed by atoms with Crippen LogP contribution < -0.4 is 20.6 Å². The average Bonchev–Trinajstić information content (AvgIpc) is 3.72. The summed E-state index contributed by atoms with van der Waals surface area (Å²) in [6.07, 6.45) is 3.41. The predicted molar refractivity (Wildman–Crippen MR) is 274 cm³/mol. The summed E-state index contributed by atoms with van der Waals surface area (Å²) >= 11 is 1.91. The Morgan fingerprint density at radius 1 is 0.516 bits per heavy atom. The van der Waals surface area contributed by atoms with E-state index in [1.807, 2.05) is 11.3 Å². The van der Waals surface area contributed by atoms with Crippen molar-refractivity contribution in [3.63, 3.8) is 0 Å². The highest BCUT2D eigenvalue weighted by molar-refractivity contribution is 7.26. The molecule has 4 heterocycles. The first kappa shape index (κ1) is 37.4. The SMILES string of the molecule is CCCCc1ccc(N2c3cc4sc5ccccc5c4cc3B3c4c(cc(C)cc42)-c2cccc4c2N3c2ccccc2C4(c2ccccc2)c2ccccc2)c(-c2ccccc2)c1. The Hall–Kier alpha value is -7.14. The second kappa shape index (κ2) is 14.5. The van der Waals surface area contributed by atoms with Crippen LogP contribution in [0.2, 0.25) is 0 Å². The van der Waals surface area contributed by atoms with Gasteiger partial charge in [-0.15, -0.1) is 11.3 Å². The molecule has 0 aliphatic carbocycles. The predicted octanol–water partition coefficient (Wildman–Crippen LogP) is 14.8. The number of hydrogen-bond donors (Lipinski definition) is 0. The summed E-state index contributed by atoms with van der Waals surface area (Å²) in [5.41, 5.74) is 21.3. The van der Waals surface area contributed by atoms with Gasteiger partial charge >= 0.3 is 6.85 Å². The van der Waals surface area contributed by atoms with Gasteiger partial charge in [0.15, 0.2) is 0 Å². The number of aryl methyl sites for hydroxylation is 2. The molecule has 3 aliphatic heterocycles. The molecule has 0 unspecified atom stereocenters. The van der Waals surface area contributed by atoms with Crippen molar-refractivity contribution >= 4 is 77.7 Å². The summed E-state index contributed by atoms with van der Waals surface area (Å²) in [6, 6.07) is 76.2. The van der Waals surface area contributed by atoms with Crippen LogP contribution in [-0.4, -0.2) is 6.85 Å². The van der Waals surface area contributed by atoms with E-state index >= 15 is 0 Å². The molecule has 0 N–H and O–H groups in total. The Morgan fingerprint density at radius 2 is 1.22 bits per heavy atom. The number of para-hydroxylation sites is 2. The highest BCUT2D eigenvalue weighted by Gasteiger charge is 2.53. The summed E-state index contributed by atoms with van der Waals surface area (Å²) < 4.78 is 2.63. The zero-order chi connectivity index (χ0) is 42.5. The molecule has 13 rings (SSSR count). The first-order valence-electron chi connectivity index (χ1n) is 22.9. The van der Waals surface area contributed by atoms with Crippen LogP contribution in [0.3, 0.4) is 0 Å². The molecule has 9 aromatic carbocycles. The molecule has 10 aromatic rings. The number of fused-ring (bicyclic) bond motifs is 9. The van der Waals surface area contributed by atoms with Crippen molar-refractivity contribution in [3.8, 4) is 22.3 Å². The van der Waals surface area contributed by atoms with Gasteiger partial charge in [-0.3, -0.25) is 0 Å². The third kappa shape index (κ3) is 5.27. The van der Waals surface area contributed by atoms with Crippen LogP contribution in [0.15, 0.2) is 200 Å². The minimum absolute atomic E-state index is 0.0942. The highest BCUT2D eigenvalue weighted by Crippen LogP contribution is 2.60. The quantitative estimate of drug-likeness (QED) is 0.148. The van der Waals surface area contributed by atoms with Crippen LogP contribution in [0.5, 0.6) is 0 Å². The van der Waals surface area contributed by atoms with Crippen LogP contribution in [0.4, 0.5) is 28.4 Å². The standard InChI is InChI=1S/C60H45BN2S/c1-3-4-19-40-32-33-52(46(36-40)41-20-8-5-9-21-41)62-54-38-57-47(44-26-14-17-31-56(44)64-57)37-51(54)61-58-48(34-39(2)35-55(58)62)45-27-18-29-50-59(45)63(61)53-30-16-15-28-49(53)60(50,42-22-10-6-11-23-42)43-24-12-7-13-25-43/h5-18,20-38H,3-4,19H2,1-2H3.